The van der Waals surface area contributed by atoms with Gasteiger partial charge in [0.1, 0.15) is 12.3 Å². The highest BCUT2D eigenvalue weighted by Gasteiger charge is 2.29. The molecule has 1 aliphatic heterocycles. The predicted molar refractivity (Wildman–Crippen MR) is 101 cm³/mol. The Kier molecular flexibility index (Phi) is 4.63. The lowest BCUT2D eigenvalue weighted by molar-refractivity contribution is -0.125. The number of nitrogens with zero attached hydrogens (tertiary/aromatic N) is 2. The molecule has 1 fully saturated rings. The molecule has 4 rings (SSSR count). The van der Waals surface area contributed by atoms with E-state index in [0.717, 1.165) is 41.9 Å². The number of carbonyl (C=O) groups excluding carboxylic acids is 2. The van der Waals surface area contributed by atoms with Crippen LogP contribution < -0.4 is 15.0 Å². The van der Waals surface area contributed by atoms with Crippen molar-refractivity contribution in [3.8, 4) is 17.0 Å². The van der Waals surface area contributed by atoms with Crippen LogP contribution in [0.2, 0.25) is 0 Å². The van der Waals surface area contributed by atoms with Gasteiger partial charge >= 0.3 is 0 Å². The normalized spacial score (nSPS) is 17.1. The molecule has 6 nitrogen and oxygen atoms in total. The van der Waals surface area contributed by atoms with Crippen LogP contribution in [0.5, 0.6) is 5.75 Å². The van der Waals surface area contributed by atoms with Crippen LogP contribution in [0, 0.1) is 6.92 Å². The number of rotatable bonds is 4. The summed E-state index contributed by atoms with van der Waals surface area (Å²) in [7, 11) is 0. The van der Waals surface area contributed by atoms with Crippen molar-refractivity contribution in [1.82, 2.24) is 10.3 Å². The van der Waals surface area contributed by atoms with Gasteiger partial charge in [0, 0.05) is 17.0 Å². The molecule has 1 aromatic heterocycles. The lowest BCUT2D eigenvalue weighted by Gasteiger charge is -2.29. The van der Waals surface area contributed by atoms with Gasteiger partial charge in [-0.2, -0.15) is 0 Å². The highest BCUT2D eigenvalue weighted by atomic mass is 32.1. The van der Waals surface area contributed by atoms with Gasteiger partial charge in [0.25, 0.3) is 5.91 Å². The minimum Gasteiger partial charge on any atom is -0.482 e. The third kappa shape index (κ3) is 3.44. The second kappa shape index (κ2) is 7.07. The van der Waals surface area contributed by atoms with Gasteiger partial charge in [-0.3, -0.25) is 14.5 Å². The third-order valence-corrected chi connectivity index (χ3v) is 5.61. The Morgan fingerprint density at radius 3 is 2.92 bits per heavy atom. The van der Waals surface area contributed by atoms with Crippen LogP contribution in [0.4, 0.5) is 5.69 Å². The zero-order valence-corrected chi connectivity index (χ0v) is 15.5. The van der Waals surface area contributed by atoms with E-state index in [9.17, 15) is 9.59 Å². The second-order valence-corrected chi connectivity index (χ2v) is 7.81. The summed E-state index contributed by atoms with van der Waals surface area (Å²) in [5.41, 5.74) is 2.40. The average molecular weight is 371 g/mol. The molecule has 1 aliphatic carbocycles. The molecule has 2 aromatic rings. The average Bonchev–Trinajstić information content (AvgIpc) is 3.29. The lowest BCUT2D eigenvalue weighted by atomic mass is 10.1. The van der Waals surface area contributed by atoms with Crippen LogP contribution in [0.25, 0.3) is 11.3 Å². The van der Waals surface area contributed by atoms with E-state index in [0.29, 0.717) is 11.4 Å². The van der Waals surface area contributed by atoms with Crippen molar-refractivity contribution in [2.45, 2.75) is 38.6 Å². The molecule has 1 N–H and O–H groups in total. The topological polar surface area (TPSA) is 71.5 Å². The molecule has 26 heavy (non-hydrogen) atoms. The molecular formula is C19H21N3O3S. The lowest BCUT2D eigenvalue weighted by Crippen LogP contribution is -2.46. The first kappa shape index (κ1) is 17.0. The number of ether oxygens (including phenoxy) is 1. The summed E-state index contributed by atoms with van der Waals surface area (Å²) in [6.07, 6.45) is 4.35. The fraction of sp³-hybridized carbons (Fsp3) is 0.421. The van der Waals surface area contributed by atoms with Gasteiger partial charge in [-0.05, 0) is 38.0 Å². The summed E-state index contributed by atoms with van der Waals surface area (Å²) in [4.78, 5) is 30.8. The highest BCUT2D eigenvalue weighted by Crippen LogP contribution is 2.36. The van der Waals surface area contributed by atoms with Crippen LogP contribution in [-0.2, 0) is 9.59 Å². The number of benzene rings is 1. The molecular weight excluding hydrogens is 350 g/mol. The molecule has 7 heteroatoms. The summed E-state index contributed by atoms with van der Waals surface area (Å²) < 4.78 is 5.54. The molecule has 0 spiro atoms. The van der Waals surface area contributed by atoms with E-state index in [1.807, 2.05) is 30.5 Å². The maximum absolute atomic E-state index is 12.4. The summed E-state index contributed by atoms with van der Waals surface area (Å²) >= 11 is 1.58. The fourth-order valence-corrected chi connectivity index (χ4v) is 4.14. The molecule has 2 aliphatic rings. The molecule has 2 heterocycles. The first-order chi connectivity index (χ1) is 12.6. The quantitative estimate of drug-likeness (QED) is 0.897. The zero-order valence-electron chi connectivity index (χ0n) is 14.7. The molecule has 0 bridgehead atoms. The number of aromatic nitrogens is 1. The van der Waals surface area contributed by atoms with Gasteiger partial charge in [0.05, 0.1) is 16.4 Å². The minimum atomic E-state index is -0.203. The number of nitrogens with one attached hydrogen (secondary N) is 1. The van der Waals surface area contributed by atoms with Gasteiger partial charge in [0.15, 0.2) is 6.61 Å². The predicted octanol–water partition coefficient (Wildman–Crippen LogP) is 2.90. The Morgan fingerprint density at radius 1 is 1.38 bits per heavy atom. The van der Waals surface area contributed by atoms with E-state index in [4.69, 9.17) is 4.74 Å². The van der Waals surface area contributed by atoms with Crippen LogP contribution in [0.15, 0.2) is 23.6 Å². The third-order valence-electron chi connectivity index (χ3n) is 4.84. The van der Waals surface area contributed by atoms with Crippen molar-refractivity contribution in [3.05, 3.63) is 28.6 Å². The summed E-state index contributed by atoms with van der Waals surface area (Å²) in [5, 5.41) is 6.01. The summed E-state index contributed by atoms with van der Waals surface area (Å²) in [6, 6.07) is 5.89. The van der Waals surface area contributed by atoms with E-state index in [-0.39, 0.29) is 31.0 Å². The van der Waals surface area contributed by atoms with E-state index in [2.05, 4.69) is 10.3 Å². The van der Waals surface area contributed by atoms with Gasteiger partial charge in [-0.15, -0.1) is 11.3 Å². The van der Waals surface area contributed by atoms with Gasteiger partial charge < -0.3 is 10.1 Å². The largest absolute Gasteiger partial charge is 0.482 e. The first-order valence-electron chi connectivity index (χ1n) is 8.89. The standard InChI is InChI=1S/C19H21N3O3S/c1-12-20-15(11-26-12)13-6-7-17-16(8-13)22(19(24)10-25-17)9-18(23)21-14-4-2-3-5-14/h6-8,11,14H,2-5,9-10H2,1H3,(H,21,23). The van der Waals surface area contributed by atoms with Crippen LogP contribution >= 0.6 is 11.3 Å². The van der Waals surface area contributed by atoms with Gasteiger partial charge in [-0.1, -0.05) is 12.8 Å². The number of fused-ring (bicyclic) bond motifs is 1. The van der Waals surface area contributed by atoms with Crippen molar-refractivity contribution in [2.75, 3.05) is 18.1 Å². The number of aryl methyl sites for hydroxylation is 1. The van der Waals surface area contributed by atoms with Crippen LogP contribution in [0.3, 0.4) is 0 Å². The molecule has 0 saturated heterocycles. The van der Waals surface area contributed by atoms with E-state index < -0.39 is 0 Å². The van der Waals surface area contributed by atoms with E-state index >= 15 is 0 Å². The number of carbonyl (C=O) groups is 2. The molecule has 1 aromatic carbocycles. The molecule has 2 amide bonds. The number of amides is 2. The molecule has 0 unspecified atom stereocenters. The van der Waals surface area contributed by atoms with E-state index in [1.165, 1.54) is 4.90 Å². The van der Waals surface area contributed by atoms with Crippen molar-refractivity contribution in [1.29, 1.82) is 0 Å². The monoisotopic (exact) mass is 371 g/mol. The smallest absolute Gasteiger partial charge is 0.265 e. The number of hydrogen-bond donors (Lipinski definition) is 1. The maximum atomic E-state index is 12.4. The van der Waals surface area contributed by atoms with Crippen LogP contribution in [0.1, 0.15) is 30.7 Å². The molecule has 136 valence electrons. The van der Waals surface area contributed by atoms with Gasteiger partial charge in [0.2, 0.25) is 5.91 Å². The van der Waals surface area contributed by atoms with Crippen molar-refractivity contribution in [2.24, 2.45) is 0 Å². The Bertz CT molecular complexity index is 842. The zero-order chi connectivity index (χ0) is 18.1. The summed E-state index contributed by atoms with van der Waals surface area (Å²) in [6.45, 7) is 1.93. The van der Waals surface area contributed by atoms with Gasteiger partial charge in [-0.25, -0.2) is 4.98 Å². The second-order valence-electron chi connectivity index (χ2n) is 6.75. The first-order valence-corrected chi connectivity index (χ1v) is 9.77. The highest BCUT2D eigenvalue weighted by molar-refractivity contribution is 7.09. The Labute approximate surface area is 156 Å². The fourth-order valence-electron chi connectivity index (χ4n) is 3.52. The molecule has 0 atom stereocenters. The van der Waals surface area contributed by atoms with E-state index in [1.54, 1.807) is 11.3 Å². The number of thiazole rings is 1. The summed E-state index contributed by atoms with van der Waals surface area (Å²) in [5.74, 6) is 0.299. The SMILES string of the molecule is Cc1nc(-c2ccc3c(c2)N(CC(=O)NC2CCCC2)C(=O)CO3)cs1. The molecule has 0 radical (unpaired) electrons. The minimum absolute atomic E-state index is 0.0191. The van der Waals surface area contributed by atoms with Crippen molar-refractivity contribution in [3.63, 3.8) is 0 Å². The molecule has 1 saturated carbocycles. The Hall–Kier alpha value is -2.41. The van der Waals surface area contributed by atoms with Crippen molar-refractivity contribution >= 4 is 28.8 Å². The Balaban J connectivity index is 1.57. The van der Waals surface area contributed by atoms with Crippen LogP contribution in [-0.4, -0.2) is 36.0 Å². The Morgan fingerprint density at radius 2 is 2.19 bits per heavy atom. The number of anilines is 1. The van der Waals surface area contributed by atoms with Crippen molar-refractivity contribution < 1.29 is 14.3 Å². The maximum Gasteiger partial charge on any atom is 0.265 e. The number of hydrogen-bond acceptors (Lipinski definition) is 5.